The fourth-order valence-corrected chi connectivity index (χ4v) is 3.29. The van der Waals surface area contributed by atoms with Crippen LogP contribution in [0.5, 0.6) is 5.75 Å². The lowest BCUT2D eigenvalue weighted by Gasteiger charge is -2.16. The van der Waals surface area contributed by atoms with Gasteiger partial charge in [0.05, 0.1) is 17.0 Å². The molecule has 2 rings (SSSR count). The fourth-order valence-electron chi connectivity index (χ4n) is 2.01. The van der Waals surface area contributed by atoms with Crippen LogP contribution in [-0.2, 0) is 0 Å². The molecule has 1 unspecified atom stereocenters. The molecule has 0 N–H and O–H groups in total. The van der Waals surface area contributed by atoms with Crippen LogP contribution in [0.25, 0.3) is 0 Å². The first-order chi connectivity index (χ1) is 9.42. The van der Waals surface area contributed by atoms with Crippen molar-refractivity contribution < 1.29 is 9.13 Å². The lowest BCUT2D eigenvalue weighted by Crippen LogP contribution is -1.99. The summed E-state index contributed by atoms with van der Waals surface area (Å²) in [5.41, 5.74) is 2.75. The van der Waals surface area contributed by atoms with Crippen LogP contribution in [0, 0.1) is 12.7 Å². The maximum atomic E-state index is 13.6. The predicted molar refractivity (Wildman–Crippen MR) is 87.2 cm³/mol. The van der Waals surface area contributed by atoms with Gasteiger partial charge in [0.15, 0.2) is 0 Å². The van der Waals surface area contributed by atoms with Crippen LogP contribution >= 0.6 is 43.5 Å². The Labute approximate surface area is 139 Å². The monoisotopic (exact) mass is 420 g/mol. The van der Waals surface area contributed by atoms with Crippen molar-refractivity contribution in [2.45, 2.75) is 12.3 Å². The van der Waals surface area contributed by atoms with E-state index in [1.165, 1.54) is 13.2 Å². The highest BCUT2D eigenvalue weighted by Gasteiger charge is 2.19. The third kappa shape index (κ3) is 3.35. The Morgan fingerprint density at radius 2 is 1.85 bits per heavy atom. The number of halogens is 4. The quantitative estimate of drug-likeness (QED) is 0.552. The standard InChI is InChI=1S/C15H12Br2ClFO/c1-8-3-9(5-10(16)4-8)15(18)11-6-12(17)13(19)7-14(11)20-2/h3-7,15H,1-2H3. The minimum Gasteiger partial charge on any atom is -0.496 e. The highest BCUT2D eigenvalue weighted by molar-refractivity contribution is 9.10. The number of hydrogen-bond acceptors (Lipinski definition) is 1. The zero-order valence-corrected chi connectivity index (χ0v) is 14.8. The molecule has 1 atom stereocenters. The summed E-state index contributed by atoms with van der Waals surface area (Å²) in [4.78, 5) is 0. The molecular formula is C15H12Br2ClFO. The number of alkyl halides is 1. The van der Waals surface area contributed by atoms with E-state index in [2.05, 4.69) is 31.9 Å². The van der Waals surface area contributed by atoms with Crippen molar-refractivity contribution in [1.29, 1.82) is 0 Å². The molecule has 0 saturated carbocycles. The van der Waals surface area contributed by atoms with Crippen LogP contribution in [0.1, 0.15) is 22.1 Å². The number of ether oxygens (including phenoxy) is 1. The summed E-state index contributed by atoms with van der Waals surface area (Å²) >= 11 is 13.2. The number of methoxy groups -OCH3 is 1. The molecule has 0 spiro atoms. The average Bonchev–Trinajstić information content (AvgIpc) is 2.39. The molecule has 1 nitrogen and oxygen atoms in total. The summed E-state index contributed by atoms with van der Waals surface area (Å²) in [6.07, 6.45) is 0. The van der Waals surface area contributed by atoms with E-state index in [1.807, 2.05) is 25.1 Å². The minimum absolute atomic E-state index is 0.366. The Kier molecular flexibility index (Phi) is 5.10. The lowest BCUT2D eigenvalue weighted by atomic mass is 10.0. The van der Waals surface area contributed by atoms with E-state index in [0.29, 0.717) is 10.2 Å². The van der Waals surface area contributed by atoms with Gasteiger partial charge >= 0.3 is 0 Å². The molecule has 5 heteroatoms. The van der Waals surface area contributed by atoms with Gasteiger partial charge in [-0.1, -0.05) is 22.0 Å². The summed E-state index contributed by atoms with van der Waals surface area (Å²) in [7, 11) is 1.50. The molecule has 0 amide bonds. The van der Waals surface area contributed by atoms with Gasteiger partial charge in [-0.15, -0.1) is 11.6 Å². The van der Waals surface area contributed by atoms with Gasteiger partial charge in [-0.05, 0) is 52.2 Å². The smallest absolute Gasteiger partial charge is 0.141 e. The Morgan fingerprint density at radius 3 is 2.45 bits per heavy atom. The van der Waals surface area contributed by atoms with Crippen molar-refractivity contribution in [3.63, 3.8) is 0 Å². The molecule has 2 aromatic rings. The summed E-state index contributed by atoms with van der Waals surface area (Å²) in [6, 6.07) is 8.94. The van der Waals surface area contributed by atoms with Crippen LogP contribution < -0.4 is 4.74 Å². The highest BCUT2D eigenvalue weighted by atomic mass is 79.9. The number of hydrogen-bond donors (Lipinski definition) is 0. The molecule has 0 bridgehead atoms. The van der Waals surface area contributed by atoms with Crippen LogP contribution in [0.15, 0.2) is 39.3 Å². The van der Waals surface area contributed by atoms with E-state index in [4.69, 9.17) is 16.3 Å². The Hall–Kier alpha value is -0.580. The van der Waals surface area contributed by atoms with E-state index >= 15 is 0 Å². The molecule has 0 aliphatic rings. The SMILES string of the molecule is COc1cc(F)c(Br)cc1C(Cl)c1cc(C)cc(Br)c1. The van der Waals surface area contributed by atoms with E-state index in [0.717, 1.165) is 21.2 Å². The molecule has 0 aliphatic heterocycles. The highest BCUT2D eigenvalue weighted by Crippen LogP contribution is 2.38. The second kappa shape index (κ2) is 6.46. The molecule has 0 aromatic heterocycles. The average molecular weight is 423 g/mol. The number of aryl methyl sites for hydroxylation is 1. The third-order valence-corrected chi connectivity index (χ3v) is 4.46. The fraction of sp³-hybridized carbons (Fsp3) is 0.200. The zero-order valence-electron chi connectivity index (χ0n) is 10.9. The maximum absolute atomic E-state index is 13.6. The molecule has 20 heavy (non-hydrogen) atoms. The Bertz CT molecular complexity index is 626. The van der Waals surface area contributed by atoms with E-state index in [-0.39, 0.29) is 5.82 Å². The summed E-state index contributed by atoms with van der Waals surface area (Å²) < 4.78 is 20.1. The molecule has 2 aromatic carbocycles. The first-order valence-corrected chi connectivity index (χ1v) is 7.88. The topological polar surface area (TPSA) is 9.23 Å². The second-order valence-electron chi connectivity index (χ2n) is 4.43. The maximum Gasteiger partial charge on any atom is 0.141 e. The number of rotatable bonds is 3. The molecule has 0 saturated heterocycles. The zero-order chi connectivity index (χ0) is 14.9. The van der Waals surface area contributed by atoms with Gasteiger partial charge in [-0.3, -0.25) is 0 Å². The molecule has 0 radical (unpaired) electrons. The molecule has 106 valence electrons. The summed E-state index contributed by atoms with van der Waals surface area (Å²) in [5.74, 6) is 0.0585. The largest absolute Gasteiger partial charge is 0.496 e. The van der Waals surface area contributed by atoms with E-state index < -0.39 is 5.38 Å². The van der Waals surface area contributed by atoms with Crippen LogP contribution in [0.4, 0.5) is 4.39 Å². The van der Waals surface area contributed by atoms with Crippen molar-refractivity contribution in [1.82, 2.24) is 0 Å². The van der Waals surface area contributed by atoms with Crippen molar-refractivity contribution in [2.75, 3.05) is 7.11 Å². The number of benzene rings is 2. The van der Waals surface area contributed by atoms with Gasteiger partial charge in [0.1, 0.15) is 11.6 Å². The first kappa shape index (κ1) is 15.8. The van der Waals surface area contributed by atoms with Gasteiger partial charge in [-0.25, -0.2) is 4.39 Å². The molecule has 0 aliphatic carbocycles. The van der Waals surface area contributed by atoms with Crippen LogP contribution in [0.2, 0.25) is 0 Å². The molecule has 0 heterocycles. The van der Waals surface area contributed by atoms with Crippen molar-refractivity contribution >= 4 is 43.5 Å². The Balaban J connectivity index is 2.52. The predicted octanol–water partition coefficient (Wildman–Crippen LogP) is 6.00. The van der Waals surface area contributed by atoms with E-state index in [9.17, 15) is 4.39 Å². The second-order valence-corrected chi connectivity index (χ2v) is 6.64. The first-order valence-electron chi connectivity index (χ1n) is 5.86. The van der Waals surface area contributed by atoms with Gasteiger partial charge < -0.3 is 4.74 Å². The Morgan fingerprint density at radius 1 is 1.15 bits per heavy atom. The molecule has 0 fully saturated rings. The summed E-state index contributed by atoms with van der Waals surface area (Å²) in [5, 5.41) is -0.418. The van der Waals surface area contributed by atoms with Gasteiger partial charge in [-0.2, -0.15) is 0 Å². The van der Waals surface area contributed by atoms with Crippen LogP contribution in [-0.4, -0.2) is 7.11 Å². The lowest BCUT2D eigenvalue weighted by molar-refractivity contribution is 0.406. The van der Waals surface area contributed by atoms with Gasteiger partial charge in [0, 0.05) is 16.1 Å². The third-order valence-electron chi connectivity index (χ3n) is 2.90. The van der Waals surface area contributed by atoms with E-state index in [1.54, 1.807) is 6.07 Å². The van der Waals surface area contributed by atoms with Gasteiger partial charge in [0.25, 0.3) is 0 Å². The van der Waals surface area contributed by atoms with Crippen molar-refractivity contribution in [3.05, 3.63) is 61.8 Å². The van der Waals surface area contributed by atoms with Gasteiger partial charge in [0.2, 0.25) is 0 Å². The summed E-state index contributed by atoms with van der Waals surface area (Å²) in [6.45, 7) is 2.00. The molecular weight excluding hydrogens is 410 g/mol. The van der Waals surface area contributed by atoms with Crippen molar-refractivity contribution in [3.8, 4) is 5.75 Å². The van der Waals surface area contributed by atoms with Crippen LogP contribution in [0.3, 0.4) is 0 Å². The minimum atomic E-state index is -0.418. The van der Waals surface area contributed by atoms with Crippen molar-refractivity contribution in [2.24, 2.45) is 0 Å². The normalized spacial score (nSPS) is 12.3.